The maximum absolute atomic E-state index is 13.1. The first-order chi connectivity index (χ1) is 65.3. The summed E-state index contributed by atoms with van der Waals surface area (Å²) in [4.78, 5) is 0. The van der Waals surface area contributed by atoms with Gasteiger partial charge in [0.2, 0.25) is 11.4 Å². The third-order valence-corrected chi connectivity index (χ3v) is 28.2. The zero-order valence-corrected chi connectivity index (χ0v) is 92.5. The van der Waals surface area contributed by atoms with Crippen molar-refractivity contribution >= 4 is 11.4 Å². The van der Waals surface area contributed by atoms with Gasteiger partial charge in [0.25, 0.3) is 0 Å². The summed E-state index contributed by atoms with van der Waals surface area (Å²) in [6, 6.07) is 13.5. The van der Waals surface area contributed by atoms with E-state index in [-0.39, 0.29) is 20.4 Å². The fourth-order valence-corrected chi connectivity index (χ4v) is 19.5. The van der Waals surface area contributed by atoms with Crippen LogP contribution in [0.4, 0.5) is 0 Å². The first-order valence-electron chi connectivity index (χ1n) is 60.1. The van der Waals surface area contributed by atoms with E-state index in [0.717, 1.165) is 135 Å². The summed E-state index contributed by atoms with van der Waals surface area (Å²) < 4.78 is 1.56. The summed E-state index contributed by atoms with van der Waals surface area (Å²) in [5, 5.41) is 0. The zero-order valence-electron chi connectivity index (χ0n) is 91.0. The standard InChI is InChI=1S/C114H192N2.2C8H17.Pd/c1-7-13-18-22-26-30-34-38-42-46-50-54-58-62-66-70-74-78-82-86-90-94-105-99-106(95-91-87-83-79-75-71-67-63-59-55-51-47-43-39-35-31-27-23-19-14-8-2)102-109(101-105)113-111(12-6)112(98-17-11-5)114(116(113)115)110-103-107(96-92-88-84-80-76-72-68-64-60-56-52-48-44-40-36-32-28-24-20-15-9-3)100-108(104-110)97-93-89-85-81-77-73-69-65-61-57-53-49-45-41-37-33-29-25-21-16-10-4;2*1-3-5-7-8-6-4-2;/h99-104H,7-89,98H2,1-6H3;2*1,3-8H2,2H3;/q;2*-1;+2. The van der Waals surface area contributed by atoms with Crippen LogP contribution < -0.4 is 0 Å². The van der Waals surface area contributed by atoms with E-state index in [1.807, 2.05) is 0 Å². The molecule has 0 N–H and O–H groups in total. The Morgan fingerprint density at radius 2 is 0.346 bits per heavy atom. The Morgan fingerprint density at radius 1 is 0.195 bits per heavy atom. The number of benzene rings is 2. The molecule has 0 fully saturated rings. The number of nitrogens with zero attached hydrogens (tertiary/aromatic N) is 2. The van der Waals surface area contributed by atoms with Gasteiger partial charge in [0.05, 0.1) is 0 Å². The number of unbranched alkanes of at least 4 members (excludes halogenated alkanes) is 87. The molecular formula is C130H226N2Pd. The SMILES string of the molecule is CCCCCCCCCCCCCCCCCCCCCC#Cc1cc(C#CCCCCCCCCCCCCCCCCCCCCC)cc(C2=C(CC)C(CCCC)=C(c3cc(C#CCCCCCCCCCCCCCCCCCCCCC)cc(C#CCCCCCCCCCCCCCCCCCCCCC)c3)[N+]2=[N-])c1.[CH2-]CCCCCCC.[CH2-]CCCCCCC.[Pd+2]. The second-order valence-electron chi connectivity index (χ2n) is 41.2. The molecule has 1 heterocycles. The largest absolute Gasteiger partial charge is 2.00 e. The molecule has 0 radical (unpaired) electrons. The van der Waals surface area contributed by atoms with E-state index in [2.05, 4.69) is 153 Å². The van der Waals surface area contributed by atoms with Gasteiger partial charge in [-0.25, -0.2) is 4.70 Å². The number of hydrogen-bond donors (Lipinski definition) is 0. The monoisotopic (exact) mass is 1920 g/mol. The molecular weight excluding hydrogens is 1700 g/mol. The molecule has 1 aliphatic heterocycles. The molecule has 0 aliphatic carbocycles. The van der Waals surface area contributed by atoms with Crippen molar-refractivity contribution < 1.29 is 25.1 Å². The van der Waals surface area contributed by atoms with E-state index in [1.54, 1.807) is 4.70 Å². The molecule has 766 valence electrons. The van der Waals surface area contributed by atoms with Crippen molar-refractivity contribution in [2.24, 2.45) is 0 Å². The van der Waals surface area contributed by atoms with Crippen LogP contribution in [0.3, 0.4) is 0 Å². The molecule has 0 saturated carbocycles. The summed E-state index contributed by atoms with van der Waals surface area (Å²) in [6.07, 6.45) is 129. The van der Waals surface area contributed by atoms with Gasteiger partial charge >= 0.3 is 20.4 Å². The van der Waals surface area contributed by atoms with Gasteiger partial charge in [-0.05, 0) is 81.3 Å². The molecule has 0 saturated heterocycles. The van der Waals surface area contributed by atoms with Crippen molar-refractivity contribution in [2.75, 3.05) is 0 Å². The molecule has 0 bridgehead atoms. The van der Waals surface area contributed by atoms with E-state index in [0.29, 0.717) is 0 Å². The van der Waals surface area contributed by atoms with Crippen LogP contribution >= 0.6 is 0 Å². The van der Waals surface area contributed by atoms with Crippen molar-refractivity contribution in [3.05, 3.63) is 100 Å². The zero-order chi connectivity index (χ0) is 95.1. The maximum atomic E-state index is 13.1. The van der Waals surface area contributed by atoms with Crippen molar-refractivity contribution in [1.82, 2.24) is 0 Å². The van der Waals surface area contributed by atoms with Crippen LogP contribution in [0, 0.1) is 61.2 Å². The second-order valence-corrected chi connectivity index (χ2v) is 41.2. The molecule has 0 aromatic heterocycles. The maximum Gasteiger partial charge on any atom is 2.00 e. The van der Waals surface area contributed by atoms with Gasteiger partial charge in [0.15, 0.2) is 0 Å². The van der Waals surface area contributed by atoms with Gasteiger partial charge in [-0.1, -0.05) is 636 Å². The Kier molecular flexibility index (Phi) is 104. The van der Waals surface area contributed by atoms with E-state index in [1.165, 1.54) is 538 Å². The summed E-state index contributed by atoms with van der Waals surface area (Å²) in [6.45, 7) is 25.9. The van der Waals surface area contributed by atoms with Gasteiger partial charge < -0.3 is 19.4 Å². The van der Waals surface area contributed by atoms with Gasteiger partial charge in [-0.15, -0.1) is 0 Å². The minimum atomic E-state index is 0. The Balaban J connectivity index is 0.00000931. The number of allylic oxidation sites excluding steroid dienone is 2. The Labute approximate surface area is 849 Å². The first kappa shape index (κ1) is 129. The molecule has 2 nitrogen and oxygen atoms in total. The van der Waals surface area contributed by atoms with Crippen molar-refractivity contribution in [3.63, 3.8) is 0 Å². The van der Waals surface area contributed by atoms with Crippen LogP contribution in [0.1, 0.15) is 705 Å². The fourth-order valence-electron chi connectivity index (χ4n) is 19.5. The molecule has 133 heavy (non-hydrogen) atoms. The molecule has 3 rings (SSSR count). The molecule has 0 amide bonds. The summed E-state index contributed by atoms with van der Waals surface area (Å²) >= 11 is 0. The summed E-state index contributed by atoms with van der Waals surface area (Å²) in [7, 11) is 0. The predicted octanol–water partition coefficient (Wildman–Crippen LogP) is 45.5. The topological polar surface area (TPSA) is 25.3 Å². The predicted molar refractivity (Wildman–Crippen MR) is 597 cm³/mol. The average molecular weight is 1920 g/mol. The Bertz CT molecular complexity index is 2960. The van der Waals surface area contributed by atoms with Crippen molar-refractivity contribution in [1.29, 1.82) is 0 Å². The van der Waals surface area contributed by atoms with Gasteiger partial charge in [-0.2, -0.15) is 12.8 Å². The molecule has 3 heteroatoms. The van der Waals surface area contributed by atoms with Crippen molar-refractivity contribution in [3.8, 4) is 47.4 Å². The smallest absolute Gasteiger partial charge is 0.493 e. The van der Waals surface area contributed by atoms with Crippen molar-refractivity contribution in [2.45, 2.75) is 672 Å². The fraction of sp³-hybridized carbons (Fsp3) is 0.800. The van der Waals surface area contributed by atoms with Crippen LogP contribution in [0.2, 0.25) is 0 Å². The Morgan fingerprint density at radius 3 is 0.504 bits per heavy atom. The van der Waals surface area contributed by atoms with E-state index < -0.39 is 0 Å². The minimum absolute atomic E-state index is 0. The average Bonchev–Trinajstić information content (AvgIpc) is 1.60. The normalized spacial score (nSPS) is 11.7. The molecule has 2 aromatic rings. The quantitative estimate of drug-likeness (QED) is 0.0207. The first-order valence-corrected chi connectivity index (χ1v) is 60.1. The van der Waals surface area contributed by atoms with Crippen LogP contribution in [-0.2, 0) is 20.4 Å². The molecule has 0 spiro atoms. The van der Waals surface area contributed by atoms with Gasteiger partial charge in [-0.3, -0.25) is 0 Å². The molecule has 2 aromatic carbocycles. The third-order valence-electron chi connectivity index (χ3n) is 28.2. The third kappa shape index (κ3) is 83.9. The van der Waals surface area contributed by atoms with Crippen LogP contribution in [0.15, 0.2) is 47.5 Å². The molecule has 0 unspecified atom stereocenters. The van der Waals surface area contributed by atoms with Crippen LogP contribution in [0.25, 0.3) is 16.9 Å². The Hall–Kier alpha value is -3.58. The molecule has 0 atom stereocenters. The summed E-state index contributed by atoms with van der Waals surface area (Å²) in [5.74, 6) is 29.2. The van der Waals surface area contributed by atoms with E-state index in [4.69, 9.17) is 0 Å². The number of hydrogen-bond acceptors (Lipinski definition) is 0. The van der Waals surface area contributed by atoms with E-state index in [9.17, 15) is 5.53 Å². The second kappa shape index (κ2) is 107. The van der Waals surface area contributed by atoms with E-state index >= 15 is 0 Å². The van der Waals surface area contributed by atoms with Gasteiger partial charge in [0, 0.05) is 70.2 Å². The van der Waals surface area contributed by atoms with Gasteiger partial charge in [0.1, 0.15) is 0 Å². The van der Waals surface area contributed by atoms with Crippen LogP contribution in [-0.4, -0.2) is 4.70 Å². The van der Waals surface area contributed by atoms with Crippen LogP contribution in [0.5, 0.6) is 0 Å². The molecule has 1 aliphatic rings. The minimum Gasteiger partial charge on any atom is -0.493 e. The number of rotatable bonds is 92. The summed E-state index contributed by atoms with van der Waals surface area (Å²) in [5.41, 5.74) is 23.4.